The summed E-state index contributed by atoms with van der Waals surface area (Å²) in [6, 6.07) is 1.96. The summed E-state index contributed by atoms with van der Waals surface area (Å²) in [6.07, 6.45) is 5.12. The Morgan fingerprint density at radius 3 is 3.13 bits per heavy atom. The van der Waals surface area contributed by atoms with E-state index in [9.17, 15) is 4.39 Å². The summed E-state index contributed by atoms with van der Waals surface area (Å²) in [5, 5.41) is 3.18. The number of pyridine rings is 1. The van der Waals surface area contributed by atoms with Crippen molar-refractivity contribution < 1.29 is 4.39 Å². The average Bonchev–Trinajstić information content (AvgIpc) is 2.70. The fourth-order valence-electron chi connectivity index (χ4n) is 1.96. The van der Waals surface area contributed by atoms with Crippen LogP contribution >= 0.6 is 15.9 Å². The van der Waals surface area contributed by atoms with Gasteiger partial charge in [0.15, 0.2) is 0 Å². The molecule has 1 fully saturated rings. The average molecular weight is 273 g/mol. The van der Waals surface area contributed by atoms with Gasteiger partial charge in [-0.3, -0.25) is 4.98 Å². The van der Waals surface area contributed by atoms with Gasteiger partial charge in [-0.05, 0) is 46.9 Å². The summed E-state index contributed by atoms with van der Waals surface area (Å²) in [7, 11) is 0. The largest absolute Gasteiger partial charge is 0.311 e. The van der Waals surface area contributed by atoms with Crippen molar-refractivity contribution in [1.29, 1.82) is 0 Å². The van der Waals surface area contributed by atoms with E-state index in [0.717, 1.165) is 29.4 Å². The van der Waals surface area contributed by atoms with Gasteiger partial charge in [0.05, 0.1) is 0 Å². The van der Waals surface area contributed by atoms with Gasteiger partial charge >= 0.3 is 0 Å². The number of nitrogens with one attached hydrogen (secondary N) is 1. The molecule has 1 aliphatic heterocycles. The smallest absolute Gasteiger partial charge is 0.119 e. The summed E-state index contributed by atoms with van der Waals surface area (Å²) in [6.45, 7) is 0.946. The second-order valence-corrected chi connectivity index (χ2v) is 4.85. The molecule has 1 N–H and O–H groups in total. The first-order valence-corrected chi connectivity index (χ1v) is 6.02. The lowest BCUT2D eigenvalue weighted by Crippen LogP contribution is -2.33. The summed E-state index contributed by atoms with van der Waals surface area (Å²) < 4.78 is 14.7. The van der Waals surface area contributed by atoms with Gasteiger partial charge in [0.25, 0.3) is 0 Å². The zero-order valence-corrected chi connectivity index (χ0v) is 10.0. The van der Waals surface area contributed by atoms with Crippen LogP contribution in [-0.2, 0) is 6.42 Å². The second kappa shape index (κ2) is 5.03. The van der Waals surface area contributed by atoms with E-state index < -0.39 is 6.17 Å². The van der Waals surface area contributed by atoms with Crippen molar-refractivity contribution in [3.63, 3.8) is 0 Å². The van der Waals surface area contributed by atoms with E-state index in [1.807, 2.05) is 6.07 Å². The van der Waals surface area contributed by atoms with E-state index in [-0.39, 0.29) is 6.04 Å². The third-order valence-corrected chi connectivity index (χ3v) is 3.16. The Kier molecular flexibility index (Phi) is 3.70. The Labute approximate surface area is 97.4 Å². The van der Waals surface area contributed by atoms with Crippen LogP contribution in [0.5, 0.6) is 0 Å². The Morgan fingerprint density at radius 2 is 2.47 bits per heavy atom. The minimum absolute atomic E-state index is 0.0315. The SMILES string of the molecule is FC(Cc1cncc(Br)c1)C1CCCN1. The maximum absolute atomic E-state index is 13.8. The lowest BCUT2D eigenvalue weighted by Gasteiger charge is -2.15. The standard InChI is InChI=1S/C11H14BrFN2/c12-9-4-8(6-14-7-9)5-10(13)11-2-1-3-15-11/h4,6-7,10-11,15H,1-3,5H2. The second-order valence-electron chi connectivity index (χ2n) is 3.93. The van der Waals surface area contributed by atoms with Crippen LogP contribution in [0.1, 0.15) is 18.4 Å². The first-order valence-electron chi connectivity index (χ1n) is 5.22. The number of hydrogen-bond donors (Lipinski definition) is 1. The minimum atomic E-state index is -0.802. The Bertz CT molecular complexity index is 326. The maximum atomic E-state index is 13.8. The zero-order chi connectivity index (χ0) is 10.7. The molecular formula is C11H14BrFN2. The highest BCUT2D eigenvalue weighted by Crippen LogP contribution is 2.18. The summed E-state index contributed by atoms with van der Waals surface area (Å²) in [5.41, 5.74) is 0.950. The van der Waals surface area contributed by atoms with Crippen LogP contribution in [0.3, 0.4) is 0 Å². The maximum Gasteiger partial charge on any atom is 0.119 e. The number of alkyl halides is 1. The Morgan fingerprint density at radius 1 is 1.60 bits per heavy atom. The topological polar surface area (TPSA) is 24.9 Å². The molecule has 15 heavy (non-hydrogen) atoms. The Hall–Kier alpha value is -0.480. The molecule has 0 bridgehead atoms. The van der Waals surface area contributed by atoms with Crippen LogP contribution in [0.25, 0.3) is 0 Å². The molecule has 2 nitrogen and oxygen atoms in total. The Balaban J connectivity index is 1.95. The molecule has 0 amide bonds. The van der Waals surface area contributed by atoms with E-state index in [1.54, 1.807) is 12.4 Å². The van der Waals surface area contributed by atoms with Gasteiger partial charge in [-0.1, -0.05) is 0 Å². The van der Waals surface area contributed by atoms with Crippen LogP contribution in [-0.4, -0.2) is 23.7 Å². The molecule has 1 aromatic heterocycles. The zero-order valence-electron chi connectivity index (χ0n) is 8.42. The van der Waals surface area contributed by atoms with E-state index in [0.29, 0.717) is 6.42 Å². The fraction of sp³-hybridized carbons (Fsp3) is 0.545. The molecule has 1 aromatic rings. The molecule has 82 valence electrons. The lowest BCUT2D eigenvalue weighted by molar-refractivity contribution is 0.263. The molecule has 2 rings (SSSR count). The summed E-state index contributed by atoms with van der Waals surface area (Å²) in [4.78, 5) is 4.03. The summed E-state index contributed by atoms with van der Waals surface area (Å²) in [5.74, 6) is 0. The van der Waals surface area contributed by atoms with Crippen molar-refractivity contribution in [2.75, 3.05) is 6.54 Å². The van der Waals surface area contributed by atoms with Gasteiger partial charge in [-0.25, -0.2) is 4.39 Å². The van der Waals surface area contributed by atoms with Gasteiger partial charge < -0.3 is 5.32 Å². The third kappa shape index (κ3) is 2.98. The van der Waals surface area contributed by atoms with Crippen LogP contribution in [0.15, 0.2) is 22.9 Å². The molecule has 2 atom stereocenters. The van der Waals surface area contributed by atoms with Gasteiger partial charge in [-0.2, -0.15) is 0 Å². The van der Waals surface area contributed by atoms with E-state index in [1.165, 1.54) is 0 Å². The van der Waals surface area contributed by atoms with Crippen molar-refractivity contribution >= 4 is 15.9 Å². The first kappa shape index (κ1) is 11.0. The molecule has 0 aliphatic carbocycles. The van der Waals surface area contributed by atoms with Crippen molar-refractivity contribution in [3.8, 4) is 0 Å². The van der Waals surface area contributed by atoms with Gasteiger partial charge in [0, 0.05) is 29.3 Å². The molecule has 2 heterocycles. The molecule has 0 aromatic carbocycles. The van der Waals surface area contributed by atoms with Crippen molar-refractivity contribution in [1.82, 2.24) is 10.3 Å². The molecule has 0 saturated carbocycles. The van der Waals surface area contributed by atoms with E-state index in [4.69, 9.17) is 0 Å². The van der Waals surface area contributed by atoms with E-state index >= 15 is 0 Å². The minimum Gasteiger partial charge on any atom is -0.311 e. The predicted molar refractivity (Wildman–Crippen MR) is 61.6 cm³/mol. The number of rotatable bonds is 3. The van der Waals surface area contributed by atoms with Crippen molar-refractivity contribution in [2.24, 2.45) is 0 Å². The van der Waals surface area contributed by atoms with Crippen molar-refractivity contribution in [2.45, 2.75) is 31.5 Å². The molecule has 1 aliphatic rings. The third-order valence-electron chi connectivity index (χ3n) is 2.73. The monoisotopic (exact) mass is 272 g/mol. The number of aromatic nitrogens is 1. The predicted octanol–water partition coefficient (Wildman–Crippen LogP) is 2.48. The first-order chi connectivity index (χ1) is 7.25. The van der Waals surface area contributed by atoms with Crippen molar-refractivity contribution in [3.05, 3.63) is 28.5 Å². The lowest BCUT2D eigenvalue weighted by atomic mass is 10.0. The number of nitrogens with zero attached hydrogens (tertiary/aromatic N) is 1. The van der Waals surface area contributed by atoms with Gasteiger partial charge in [0.2, 0.25) is 0 Å². The van der Waals surface area contributed by atoms with Crippen LogP contribution in [0, 0.1) is 0 Å². The fourth-order valence-corrected chi connectivity index (χ4v) is 2.37. The van der Waals surface area contributed by atoms with Crippen LogP contribution < -0.4 is 5.32 Å². The highest BCUT2D eigenvalue weighted by Gasteiger charge is 2.24. The highest BCUT2D eigenvalue weighted by molar-refractivity contribution is 9.10. The molecule has 0 radical (unpaired) electrons. The highest BCUT2D eigenvalue weighted by atomic mass is 79.9. The number of halogens is 2. The molecule has 0 spiro atoms. The normalized spacial score (nSPS) is 22.9. The van der Waals surface area contributed by atoms with Crippen LogP contribution in [0.4, 0.5) is 4.39 Å². The van der Waals surface area contributed by atoms with E-state index in [2.05, 4.69) is 26.2 Å². The van der Waals surface area contributed by atoms with Gasteiger partial charge in [-0.15, -0.1) is 0 Å². The number of hydrogen-bond acceptors (Lipinski definition) is 2. The molecule has 1 saturated heterocycles. The molecule has 4 heteroatoms. The van der Waals surface area contributed by atoms with Gasteiger partial charge in [0.1, 0.15) is 6.17 Å². The molecule has 2 unspecified atom stereocenters. The quantitative estimate of drug-likeness (QED) is 0.915. The molecular weight excluding hydrogens is 259 g/mol. The summed E-state index contributed by atoms with van der Waals surface area (Å²) >= 11 is 3.34. The van der Waals surface area contributed by atoms with Crippen LogP contribution in [0.2, 0.25) is 0 Å².